The van der Waals surface area contributed by atoms with Gasteiger partial charge in [0.1, 0.15) is 12.4 Å². The van der Waals surface area contributed by atoms with Crippen LogP contribution in [0, 0.1) is 0 Å². The fourth-order valence-corrected chi connectivity index (χ4v) is 1.03. The molecule has 0 heterocycles. The summed E-state index contributed by atoms with van der Waals surface area (Å²) >= 11 is 0. The lowest BCUT2D eigenvalue weighted by molar-refractivity contribution is 0.394. The molecule has 0 atom stereocenters. The number of methoxy groups -OCH3 is 1. The highest BCUT2D eigenvalue weighted by atomic mass is 19.1. The van der Waals surface area contributed by atoms with Gasteiger partial charge in [0, 0.05) is 5.56 Å². The summed E-state index contributed by atoms with van der Waals surface area (Å²) in [7, 11) is 1.53. The third kappa shape index (κ3) is 1.64. The Kier molecular flexibility index (Phi) is 2.86. The second-order valence-electron chi connectivity index (χ2n) is 2.41. The molecule has 1 nitrogen and oxygen atoms in total. The molecule has 1 aromatic carbocycles. The van der Waals surface area contributed by atoms with Gasteiger partial charge >= 0.3 is 0 Å². The van der Waals surface area contributed by atoms with Crippen LogP contribution in [-0.4, -0.2) is 7.11 Å². The molecule has 0 spiro atoms. The lowest BCUT2D eigenvalue weighted by atomic mass is 10.1. The summed E-state index contributed by atoms with van der Waals surface area (Å²) in [5.41, 5.74) is 1.47. The van der Waals surface area contributed by atoms with Crippen LogP contribution in [0.1, 0.15) is 11.1 Å². The highest BCUT2D eigenvalue weighted by Gasteiger charge is 2.01. The quantitative estimate of drug-likeness (QED) is 0.670. The van der Waals surface area contributed by atoms with E-state index in [1.165, 1.54) is 7.11 Å². The summed E-state index contributed by atoms with van der Waals surface area (Å²) < 4.78 is 17.3. The molecular weight excluding hydrogens is 155 g/mol. The van der Waals surface area contributed by atoms with E-state index in [1.54, 1.807) is 18.2 Å². The van der Waals surface area contributed by atoms with E-state index in [0.717, 1.165) is 5.56 Å². The van der Waals surface area contributed by atoms with Crippen molar-refractivity contribution in [3.05, 3.63) is 35.9 Å². The normalized spacial score (nSPS) is 9.50. The monoisotopic (exact) mass is 166 g/mol. The molecule has 0 aliphatic heterocycles. The van der Waals surface area contributed by atoms with E-state index in [-0.39, 0.29) is 0 Å². The van der Waals surface area contributed by atoms with E-state index >= 15 is 0 Å². The summed E-state index contributed by atoms with van der Waals surface area (Å²) in [6, 6.07) is 5.31. The Bertz CT molecular complexity index is 281. The van der Waals surface area contributed by atoms with E-state index in [9.17, 15) is 4.39 Å². The van der Waals surface area contributed by atoms with E-state index in [1.807, 2.05) is 6.07 Å². The molecule has 2 heteroatoms. The molecule has 0 N–H and O–H groups in total. The van der Waals surface area contributed by atoms with Gasteiger partial charge in [0.2, 0.25) is 0 Å². The molecule has 0 saturated carbocycles. The van der Waals surface area contributed by atoms with Crippen molar-refractivity contribution in [3.8, 4) is 5.75 Å². The second kappa shape index (κ2) is 3.90. The second-order valence-corrected chi connectivity index (χ2v) is 2.41. The van der Waals surface area contributed by atoms with Crippen molar-refractivity contribution in [2.24, 2.45) is 0 Å². The number of benzene rings is 1. The lowest BCUT2D eigenvalue weighted by Crippen LogP contribution is -1.89. The van der Waals surface area contributed by atoms with Crippen LogP contribution in [0.2, 0.25) is 0 Å². The molecule has 12 heavy (non-hydrogen) atoms. The topological polar surface area (TPSA) is 9.23 Å². The molecule has 0 amide bonds. The fraction of sp³-hybridized carbons (Fsp3) is 0.200. The first-order chi connectivity index (χ1) is 5.81. The summed E-state index contributed by atoms with van der Waals surface area (Å²) in [6.07, 6.45) is 1.68. The molecule has 0 aromatic heterocycles. The first kappa shape index (κ1) is 8.78. The molecule has 1 rings (SSSR count). The highest BCUT2D eigenvalue weighted by molar-refractivity contribution is 5.51. The van der Waals surface area contributed by atoms with Crippen molar-refractivity contribution in [1.82, 2.24) is 0 Å². The molecule has 0 aliphatic rings. The minimum absolute atomic E-state index is 0.509. The van der Waals surface area contributed by atoms with Gasteiger partial charge in [-0.3, -0.25) is 0 Å². The van der Waals surface area contributed by atoms with Crippen LogP contribution in [0.25, 0.3) is 6.08 Å². The van der Waals surface area contributed by atoms with Gasteiger partial charge in [-0.15, -0.1) is 0 Å². The van der Waals surface area contributed by atoms with Crippen LogP contribution in [0.4, 0.5) is 4.39 Å². The maximum absolute atomic E-state index is 12.4. The van der Waals surface area contributed by atoms with E-state index < -0.39 is 6.67 Å². The number of ether oxygens (including phenoxy) is 1. The van der Waals surface area contributed by atoms with Crippen LogP contribution in [-0.2, 0) is 6.67 Å². The smallest absolute Gasteiger partial charge is 0.124 e. The Labute approximate surface area is 71.5 Å². The summed E-state index contributed by atoms with van der Waals surface area (Å²) in [6.45, 7) is 3.09. The van der Waals surface area contributed by atoms with Gasteiger partial charge in [-0.1, -0.05) is 18.7 Å². The average Bonchev–Trinajstić information content (AvgIpc) is 2.16. The fourth-order valence-electron chi connectivity index (χ4n) is 1.03. The van der Waals surface area contributed by atoms with Crippen molar-refractivity contribution >= 4 is 6.08 Å². The number of halogens is 1. The maximum atomic E-state index is 12.4. The average molecular weight is 166 g/mol. The van der Waals surface area contributed by atoms with Crippen molar-refractivity contribution in [3.63, 3.8) is 0 Å². The summed E-state index contributed by atoms with van der Waals surface area (Å²) in [5, 5.41) is 0. The van der Waals surface area contributed by atoms with Crippen molar-refractivity contribution in [2.75, 3.05) is 7.11 Å². The minimum Gasteiger partial charge on any atom is -0.496 e. The van der Waals surface area contributed by atoms with Crippen LogP contribution in [0.15, 0.2) is 24.8 Å². The summed E-state index contributed by atoms with van der Waals surface area (Å²) in [4.78, 5) is 0. The molecule has 64 valence electrons. The SMILES string of the molecule is C=Cc1ccc(OC)c(CF)c1. The molecule has 0 saturated heterocycles. The molecular formula is C10H11FO. The first-order valence-corrected chi connectivity index (χ1v) is 3.67. The van der Waals surface area contributed by atoms with Crippen LogP contribution in [0.3, 0.4) is 0 Å². The first-order valence-electron chi connectivity index (χ1n) is 3.67. The predicted molar refractivity (Wildman–Crippen MR) is 47.9 cm³/mol. The standard InChI is InChI=1S/C10H11FO/c1-3-8-4-5-10(12-2)9(6-8)7-11/h3-6H,1,7H2,2H3. The third-order valence-corrected chi connectivity index (χ3v) is 1.68. The van der Waals surface area contributed by atoms with Gasteiger partial charge in [-0.25, -0.2) is 4.39 Å². The van der Waals surface area contributed by atoms with E-state index in [2.05, 4.69) is 6.58 Å². The van der Waals surface area contributed by atoms with Gasteiger partial charge < -0.3 is 4.74 Å². The Morgan fingerprint density at radius 1 is 1.58 bits per heavy atom. The van der Waals surface area contributed by atoms with E-state index in [4.69, 9.17) is 4.74 Å². The van der Waals surface area contributed by atoms with Gasteiger partial charge in [0.05, 0.1) is 7.11 Å². The number of alkyl halides is 1. The largest absolute Gasteiger partial charge is 0.496 e. The van der Waals surface area contributed by atoms with Gasteiger partial charge in [0.15, 0.2) is 0 Å². The van der Waals surface area contributed by atoms with Crippen molar-refractivity contribution in [2.45, 2.75) is 6.67 Å². The van der Waals surface area contributed by atoms with Gasteiger partial charge in [0.25, 0.3) is 0 Å². The minimum atomic E-state index is -0.509. The maximum Gasteiger partial charge on any atom is 0.124 e. The summed E-state index contributed by atoms with van der Waals surface area (Å²) in [5.74, 6) is 0.586. The lowest BCUT2D eigenvalue weighted by Gasteiger charge is -2.05. The van der Waals surface area contributed by atoms with E-state index in [0.29, 0.717) is 11.3 Å². The molecule has 0 unspecified atom stereocenters. The highest BCUT2D eigenvalue weighted by Crippen LogP contribution is 2.21. The predicted octanol–water partition coefficient (Wildman–Crippen LogP) is 2.81. The zero-order chi connectivity index (χ0) is 8.97. The van der Waals surface area contributed by atoms with Crippen molar-refractivity contribution < 1.29 is 9.13 Å². The molecule has 0 radical (unpaired) electrons. The number of rotatable bonds is 3. The Balaban J connectivity index is 3.10. The van der Waals surface area contributed by atoms with Crippen LogP contribution >= 0.6 is 0 Å². The van der Waals surface area contributed by atoms with Gasteiger partial charge in [-0.2, -0.15) is 0 Å². The Hall–Kier alpha value is -1.31. The zero-order valence-corrected chi connectivity index (χ0v) is 7.01. The number of hydrogen-bond donors (Lipinski definition) is 0. The zero-order valence-electron chi connectivity index (χ0n) is 7.01. The Morgan fingerprint density at radius 3 is 2.83 bits per heavy atom. The molecule has 0 fully saturated rings. The van der Waals surface area contributed by atoms with Crippen LogP contribution < -0.4 is 4.74 Å². The molecule has 1 aromatic rings. The third-order valence-electron chi connectivity index (χ3n) is 1.68. The molecule has 0 aliphatic carbocycles. The molecule has 0 bridgehead atoms. The number of hydrogen-bond acceptors (Lipinski definition) is 1. The Morgan fingerprint density at radius 2 is 2.33 bits per heavy atom. The van der Waals surface area contributed by atoms with Crippen molar-refractivity contribution in [1.29, 1.82) is 0 Å². The van der Waals surface area contributed by atoms with Gasteiger partial charge in [-0.05, 0) is 17.7 Å². The van der Waals surface area contributed by atoms with Crippen LogP contribution in [0.5, 0.6) is 5.75 Å².